The third kappa shape index (κ3) is 7.52. The number of carbonyl (C=O) groups excluding carboxylic acids is 2. The number of nitrogens with zero attached hydrogens (tertiary/aromatic N) is 2. The quantitative estimate of drug-likeness (QED) is 0.246. The van der Waals surface area contributed by atoms with E-state index in [1.807, 2.05) is 13.0 Å². The molecule has 4 aliphatic rings. The van der Waals surface area contributed by atoms with Gasteiger partial charge in [-0.1, -0.05) is 76.2 Å². The third-order valence-corrected chi connectivity index (χ3v) is 7.47. The summed E-state index contributed by atoms with van der Waals surface area (Å²) < 4.78 is 30.2. The summed E-state index contributed by atoms with van der Waals surface area (Å²) in [6.45, 7) is 6.57. The average molecular weight is 673 g/mol. The van der Waals surface area contributed by atoms with Gasteiger partial charge in [0.2, 0.25) is 7.59 Å². The van der Waals surface area contributed by atoms with Crippen LogP contribution in [0.25, 0.3) is 0 Å². The van der Waals surface area contributed by atoms with Gasteiger partial charge in [0.25, 0.3) is 0 Å². The van der Waals surface area contributed by atoms with Crippen LogP contribution in [0.1, 0.15) is 32.6 Å². The van der Waals surface area contributed by atoms with Crippen molar-refractivity contribution in [2.75, 3.05) is 39.6 Å². The number of ether oxygens (including phenoxy) is 6. The molecule has 4 fully saturated rings. The zero-order valence-corrected chi connectivity index (χ0v) is 25.5. The largest absolute Gasteiger partial charge is 0.444 e. The highest BCUT2D eigenvalue weighted by molar-refractivity contribution is 6.68. The monoisotopic (exact) mass is 670 g/mol. The Balaban J connectivity index is 1.58. The van der Waals surface area contributed by atoms with Crippen molar-refractivity contribution >= 4 is 81.8 Å². The van der Waals surface area contributed by atoms with Crippen molar-refractivity contribution in [3.8, 4) is 0 Å². The molecule has 0 aromatic rings. The molecule has 0 aromatic heterocycles. The predicted octanol–water partition coefficient (Wildman–Crippen LogP) is 5.83. The van der Waals surface area contributed by atoms with Gasteiger partial charge in [0.1, 0.15) is 13.2 Å². The smallest absolute Gasteiger partial charge is 0.429 e. The Morgan fingerprint density at radius 1 is 0.897 bits per heavy atom. The molecule has 220 valence electrons. The number of alkyl halides is 6. The number of hydrogen-bond donors (Lipinski definition) is 0. The second-order valence-electron chi connectivity index (χ2n) is 9.54. The van der Waals surface area contributed by atoms with E-state index in [0.29, 0.717) is 57.7 Å². The number of carbonyl (C=O) groups is 2. The fraction of sp³-hybridized carbons (Fsp3) is 0.739. The molecule has 0 aromatic carbocycles. The van der Waals surface area contributed by atoms with Gasteiger partial charge in [-0.2, -0.15) is 0 Å². The Morgan fingerprint density at radius 3 is 1.77 bits per heavy atom. The first-order valence-electron chi connectivity index (χ1n) is 12.2. The molecule has 2 amide bonds. The minimum Gasteiger partial charge on any atom is -0.444 e. The molecule has 0 unspecified atom stereocenters. The number of hydrogen-bond acceptors (Lipinski definition) is 8. The highest BCUT2D eigenvalue weighted by Gasteiger charge is 2.56. The first kappa shape index (κ1) is 31.5. The van der Waals surface area contributed by atoms with Gasteiger partial charge in [0, 0.05) is 6.42 Å². The van der Waals surface area contributed by atoms with Crippen LogP contribution in [-0.2, 0) is 28.4 Å². The average Bonchev–Trinajstić information content (AvgIpc) is 3.64. The predicted molar refractivity (Wildman–Crippen MR) is 145 cm³/mol. The van der Waals surface area contributed by atoms with Gasteiger partial charge in [-0.25, -0.2) is 19.6 Å². The number of fused-ring (bicyclic) bond motifs is 2. The van der Waals surface area contributed by atoms with Crippen molar-refractivity contribution in [2.24, 2.45) is 0 Å². The van der Waals surface area contributed by atoms with Crippen molar-refractivity contribution < 1.29 is 38.0 Å². The number of halogens is 6. The number of amides is 2. The van der Waals surface area contributed by atoms with Gasteiger partial charge in [-0.3, -0.25) is 0 Å². The van der Waals surface area contributed by atoms with Gasteiger partial charge < -0.3 is 28.4 Å². The van der Waals surface area contributed by atoms with Gasteiger partial charge in [0.15, 0.2) is 11.6 Å². The van der Waals surface area contributed by atoms with Crippen molar-refractivity contribution in [1.82, 2.24) is 10.0 Å². The van der Waals surface area contributed by atoms with Gasteiger partial charge in [-0.15, -0.1) is 0 Å². The lowest BCUT2D eigenvalue weighted by Crippen LogP contribution is -2.54. The lowest BCUT2D eigenvalue weighted by Gasteiger charge is -2.35. The van der Waals surface area contributed by atoms with Crippen molar-refractivity contribution in [3.05, 3.63) is 23.8 Å². The van der Waals surface area contributed by atoms with Gasteiger partial charge in [0.05, 0.1) is 38.5 Å². The van der Waals surface area contributed by atoms with E-state index in [9.17, 15) is 9.59 Å². The molecule has 0 spiro atoms. The summed E-state index contributed by atoms with van der Waals surface area (Å²) >= 11 is 34.5. The number of rotatable bonds is 7. The Labute approximate surface area is 256 Å². The van der Waals surface area contributed by atoms with E-state index in [4.69, 9.17) is 98.0 Å². The summed E-state index contributed by atoms with van der Waals surface area (Å²) in [4.78, 5) is 26.3. The SMILES string of the molecule is C=C(CCC1(C=C2[C@H]3CC[C@@H]2N(C(=O)OCC(Cl)(Cl)Cl)N3C(=O)OCC(Cl)(Cl)Cl)OCCO1)C1(C)OCCO1. The maximum absolute atomic E-state index is 13.1. The van der Waals surface area contributed by atoms with E-state index >= 15 is 0 Å². The molecule has 0 radical (unpaired) electrons. The van der Waals surface area contributed by atoms with Gasteiger partial charge in [-0.05, 0) is 43.4 Å². The highest BCUT2D eigenvalue weighted by Crippen LogP contribution is 2.46. The van der Waals surface area contributed by atoms with E-state index in [-0.39, 0.29) is 0 Å². The first-order chi connectivity index (χ1) is 18.1. The molecular weight excluding hydrogens is 645 g/mol. The standard InChI is InChI=1S/C23H28Cl6N2O8/c1-14(20(2)36-7-8-37-20)5-6-21(38-9-10-39-21)11-15-16-3-4-17(15)31(19(33)35-13-23(27,28)29)30(16)18(32)34-12-22(24,25)26/h11,16-17H,1,3-10,12-13H2,2H3/t16-,17+. The van der Waals surface area contributed by atoms with Crippen LogP contribution in [0.5, 0.6) is 0 Å². The second-order valence-corrected chi connectivity index (χ2v) is 14.6. The number of hydrazine groups is 1. The topological polar surface area (TPSA) is 96.0 Å². The molecule has 0 N–H and O–H groups in total. The minimum absolute atomic E-state index is 0.361. The molecule has 3 saturated heterocycles. The summed E-state index contributed by atoms with van der Waals surface area (Å²) in [5.41, 5.74) is 1.44. The second kappa shape index (κ2) is 12.1. The van der Waals surface area contributed by atoms with Crippen LogP contribution in [0, 0.1) is 0 Å². The molecule has 10 nitrogen and oxygen atoms in total. The lowest BCUT2D eigenvalue weighted by atomic mass is 9.97. The molecule has 1 aliphatic carbocycles. The zero-order chi connectivity index (χ0) is 28.6. The molecule has 1 saturated carbocycles. The molecule has 39 heavy (non-hydrogen) atoms. The maximum Gasteiger partial charge on any atom is 0.429 e. The van der Waals surface area contributed by atoms with E-state index in [1.54, 1.807) is 0 Å². The summed E-state index contributed by atoms with van der Waals surface area (Å²) in [7, 11) is 0. The molecule has 4 rings (SSSR count). The normalized spacial score (nSPS) is 26.9. The fourth-order valence-corrected chi connectivity index (χ4v) is 5.36. The Kier molecular flexibility index (Phi) is 9.76. The molecule has 3 heterocycles. The van der Waals surface area contributed by atoms with Crippen molar-refractivity contribution in [1.29, 1.82) is 0 Å². The molecule has 2 atom stereocenters. The summed E-state index contributed by atoms with van der Waals surface area (Å²) in [6.07, 6.45) is 1.90. The van der Waals surface area contributed by atoms with Crippen LogP contribution in [-0.4, -0.2) is 93.1 Å². The maximum atomic E-state index is 13.1. The Morgan fingerprint density at radius 2 is 1.33 bits per heavy atom. The third-order valence-electron chi connectivity index (χ3n) is 6.82. The van der Waals surface area contributed by atoms with Crippen LogP contribution in [0.2, 0.25) is 0 Å². The Hall–Kier alpha value is -0.400. The Bertz CT molecular complexity index is 942. The highest BCUT2D eigenvalue weighted by atomic mass is 35.6. The van der Waals surface area contributed by atoms with Crippen molar-refractivity contribution in [3.63, 3.8) is 0 Å². The lowest BCUT2D eigenvalue weighted by molar-refractivity contribution is -0.131. The zero-order valence-electron chi connectivity index (χ0n) is 20.9. The molecular formula is C23H28Cl6N2O8. The van der Waals surface area contributed by atoms with E-state index < -0.39 is 56.6 Å². The molecule has 3 aliphatic heterocycles. The van der Waals surface area contributed by atoms with E-state index in [2.05, 4.69) is 6.58 Å². The molecule has 16 heteroatoms. The minimum atomic E-state index is -1.85. The van der Waals surface area contributed by atoms with Crippen LogP contribution < -0.4 is 0 Å². The molecule has 2 bridgehead atoms. The van der Waals surface area contributed by atoms with Gasteiger partial charge >= 0.3 is 12.2 Å². The van der Waals surface area contributed by atoms with Crippen molar-refractivity contribution in [2.45, 2.75) is 63.8 Å². The fourth-order valence-electron chi connectivity index (χ4n) is 5.04. The first-order valence-corrected chi connectivity index (χ1v) is 14.4. The summed E-state index contributed by atoms with van der Waals surface area (Å²) in [6, 6.07) is -1.16. The summed E-state index contributed by atoms with van der Waals surface area (Å²) in [5, 5.41) is 2.25. The van der Waals surface area contributed by atoms with E-state index in [0.717, 1.165) is 15.6 Å². The van der Waals surface area contributed by atoms with Crippen LogP contribution in [0.4, 0.5) is 9.59 Å². The summed E-state index contributed by atoms with van der Waals surface area (Å²) in [5.74, 6) is -2.01. The van der Waals surface area contributed by atoms with Crippen LogP contribution in [0.3, 0.4) is 0 Å². The van der Waals surface area contributed by atoms with Crippen LogP contribution >= 0.6 is 69.6 Å². The van der Waals surface area contributed by atoms with Crippen LogP contribution in [0.15, 0.2) is 23.8 Å². The van der Waals surface area contributed by atoms with E-state index in [1.165, 1.54) is 0 Å².